The molecule has 45 heavy (non-hydrogen) atoms. The maximum absolute atomic E-state index is 2.63. The fourth-order valence-electron chi connectivity index (χ4n) is 7.23. The second-order valence-electron chi connectivity index (χ2n) is 14.7. The summed E-state index contributed by atoms with van der Waals surface area (Å²) in [4.78, 5) is 0. The van der Waals surface area contributed by atoms with Gasteiger partial charge in [0.15, 0.2) is 0 Å². The molecule has 1 atom stereocenters. The van der Waals surface area contributed by atoms with Crippen molar-refractivity contribution in [2.24, 2.45) is 5.92 Å². The Bertz CT molecular complexity index is 1730. The number of halogens is 2. The van der Waals surface area contributed by atoms with E-state index in [0.29, 0.717) is 9.54 Å². The third-order valence-corrected chi connectivity index (χ3v) is 18.8. The van der Waals surface area contributed by atoms with E-state index in [4.69, 9.17) is 0 Å². The molecule has 4 aromatic rings. The van der Waals surface area contributed by atoms with Crippen molar-refractivity contribution in [1.29, 1.82) is 0 Å². The number of hydrogen-bond donors (Lipinski definition) is 0. The Labute approximate surface area is 292 Å². The van der Waals surface area contributed by atoms with Gasteiger partial charge in [-0.2, -0.15) is 0 Å². The molecule has 0 saturated carbocycles. The first-order valence-corrected chi connectivity index (χ1v) is 19.8. The van der Waals surface area contributed by atoms with Crippen LogP contribution in [0.4, 0.5) is 0 Å². The van der Waals surface area contributed by atoms with E-state index in [1.54, 1.807) is 17.6 Å². The largest absolute Gasteiger partial charge is 1.00 e. The Morgan fingerprint density at radius 1 is 0.644 bits per heavy atom. The van der Waals surface area contributed by atoms with E-state index in [2.05, 4.69) is 165 Å². The molecule has 0 spiro atoms. The van der Waals surface area contributed by atoms with E-state index in [1.165, 1.54) is 44.5 Å². The number of hydrogen-bond acceptors (Lipinski definition) is 0. The Morgan fingerprint density at radius 2 is 1.11 bits per heavy atom. The summed E-state index contributed by atoms with van der Waals surface area (Å²) in [6, 6.07) is 37.3. The van der Waals surface area contributed by atoms with Gasteiger partial charge in [-0.25, -0.2) is 0 Å². The normalized spacial score (nSPS) is 16.3. The number of allylic oxidation sites excluding steroid dienone is 4. The molecule has 4 aromatic carbocycles. The fourth-order valence-corrected chi connectivity index (χ4v) is 16.7. The van der Waals surface area contributed by atoms with Crippen LogP contribution in [0.15, 0.2) is 112 Å². The van der Waals surface area contributed by atoms with Crippen molar-refractivity contribution in [1.82, 2.24) is 0 Å². The Balaban J connectivity index is 0.00000230. The van der Waals surface area contributed by atoms with Crippen molar-refractivity contribution in [3.63, 3.8) is 0 Å². The summed E-state index contributed by atoms with van der Waals surface area (Å²) in [6.45, 7) is 21.4. The van der Waals surface area contributed by atoms with E-state index >= 15 is 0 Å². The van der Waals surface area contributed by atoms with Crippen LogP contribution in [0.1, 0.15) is 99.3 Å². The molecule has 1 unspecified atom stereocenters. The molecule has 0 bridgehead atoms. The van der Waals surface area contributed by atoms with Crippen molar-refractivity contribution < 1.29 is 46.1 Å². The Morgan fingerprint density at radius 3 is 1.58 bits per heavy atom. The molecular formula is C42H46Cl2Zr. The number of rotatable bonds is 4. The summed E-state index contributed by atoms with van der Waals surface area (Å²) in [7, 11) is 0. The molecule has 6 rings (SSSR count). The standard InChI is InChI=1S/C21H25.C13H13.C8H8.2ClH.Zr/c1-20(2,3)16-9-7-14-11-15-8-10-17(21(4,5)6)13-19(15)18(14)12-16;1-10-8-11(2)13(9-10)12-6-4-3-5-7-12;1-2-8-6-4-3-5-7-8;;;/h7-13H,1-6H3;3-7,9-10H,1-2H3;3-7H,1H3;2*1H;/q;;;;;+2/p-2. The van der Waals surface area contributed by atoms with Gasteiger partial charge in [0.1, 0.15) is 0 Å². The van der Waals surface area contributed by atoms with Crippen LogP contribution in [0.5, 0.6) is 0 Å². The van der Waals surface area contributed by atoms with E-state index in [1.807, 2.05) is 0 Å². The minimum absolute atomic E-state index is 0. The van der Waals surface area contributed by atoms with Crippen LogP contribution >= 0.6 is 0 Å². The summed E-state index contributed by atoms with van der Waals surface area (Å²) in [5.41, 5.74) is 14.8. The quantitative estimate of drug-likeness (QED) is 0.272. The van der Waals surface area contributed by atoms with Crippen LogP contribution < -0.4 is 24.8 Å². The molecule has 3 heteroatoms. The van der Waals surface area contributed by atoms with Crippen LogP contribution in [-0.2, 0) is 32.1 Å². The maximum atomic E-state index is 2.56. The smallest absolute Gasteiger partial charge is 1.00 e. The molecule has 0 saturated heterocycles. The molecule has 2 aliphatic rings. The van der Waals surface area contributed by atoms with Gasteiger partial charge >= 0.3 is 269 Å². The van der Waals surface area contributed by atoms with Crippen molar-refractivity contribution in [2.45, 2.75) is 76.8 Å². The van der Waals surface area contributed by atoms with Crippen LogP contribution in [0, 0.1) is 5.92 Å². The second-order valence-corrected chi connectivity index (χ2v) is 21.3. The molecule has 0 amide bonds. The molecule has 0 N–H and O–H groups in total. The molecule has 0 heterocycles. The third-order valence-electron chi connectivity index (χ3n) is 9.71. The Hall–Kier alpha value is -2.31. The van der Waals surface area contributed by atoms with Crippen LogP contribution in [0.3, 0.4) is 0 Å². The third kappa shape index (κ3) is 6.61. The van der Waals surface area contributed by atoms with Gasteiger partial charge in [0, 0.05) is 0 Å². The first-order chi connectivity index (χ1) is 20.4. The van der Waals surface area contributed by atoms with Crippen molar-refractivity contribution in [3.05, 3.63) is 145 Å². The average molecular weight is 713 g/mol. The van der Waals surface area contributed by atoms with Gasteiger partial charge in [-0.05, 0) is 0 Å². The molecule has 0 aromatic heterocycles. The van der Waals surface area contributed by atoms with Gasteiger partial charge in [0.2, 0.25) is 0 Å². The summed E-state index contributed by atoms with van der Waals surface area (Å²) < 4.78 is 3.85. The summed E-state index contributed by atoms with van der Waals surface area (Å²) in [5, 5.41) is 0. The van der Waals surface area contributed by atoms with Gasteiger partial charge in [0.25, 0.3) is 0 Å². The fraction of sp³-hybridized carbons (Fsp3) is 0.310. The minimum atomic E-state index is -2.63. The predicted molar refractivity (Wildman–Crippen MR) is 184 cm³/mol. The minimum Gasteiger partial charge on any atom is -1.00 e. The average Bonchev–Trinajstić information content (AvgIpc) is 3.46. The van der Waals surface area contributed by atoms with Gasteiger partial charge in [-0.15, -0.1) is 0 Å². The van der Waals surface area contributed by atoms with Crippen molar-refractivity contribution >= 4 is 8.78 Å². The van der Waals surface area contributed by atoms with E-state index in [-0.39, 0.29) is 35.6 Å². The molecule has 0 fully saturated rings. The van der Waals surface area contributed by atoms with E-state index in [0.717, 1.165) is 0 Å². The number of fused-ring (bicyclic) bond motifs is 3. The maximum Gasteiger partial charge on any atom is -1.00 e. The molecule has 2 aliphatic carbocycles. The molecule has 0 aliphatic heterocycles. The zero-order valence-corrected chi connectivity index (χ0v) is 32.2. The topological polar surface area (TPSA) is 0 Å². The van der Waals surface area contributed by atoms with E-state index in [9.17, 15) is 0 Å². The first kappa shape index (κ1) is 35.5. The van der Waals surface area contributed by atoms with Gasteiger partial charge in [0.05, 0.1) is 0 Å². The van der Waals surface area contributed by atoms with Crippen LogP contribution in [0.2, 0.25) is 0 Å². The second kappa shape index (κ2) is 13.4. The molecular weight excluding hydrogens is 667 g/mol. The summed E-state index contributed by atoms with van der Waals surface area (Å²) in [5.74, 6) is 0.443. The van der Waals surface area contributed by atoms with Gasteiger partial charge < -0.3 is 24.8 Å². The molecule has 0 nitrogen and oxygen atoms in total. The zero-order valence-electron chi connectivity index (χ0n) is 28.2. The monoisotopic (exact) mass is 710 g/mol. The van der Waals surface area contributed by atoms with Crippen LogP contribution in [0.25, 0.3) is 16.7 Å². The van der Waals surface area contributed by atoms with Gasteiger partial charge in [-0.3, -0.25) is 0 Å². The Kier molecular flexibility index (Phi) is 10.6. The van der Waals surface area contributed by atoms with Crippen LogP contribution in [-0.4, -0.2) is 3.21 Å². The summed E-state index contributed by atoms with van der Waals surface area (Å²) in [6.07, 6.45) is 2.56. The van der Waals surface area contributed by atoms with Crippen molar-refractivity contribution in [3.8, 4) is 11.1 Å². The van der Waals surface area contributed by atoms with E-state index < -0.39 is 21.3 Å². The first-order valence-electron chi connectivity index (χ1n) is 15.9. The van der Waals surface area contributed by atoms with Gasteiger partial charge in [-0.1, -0.05) is 0 Å². The summed E-state index contributed by atoms with van der Waals surface area (Å²) >= 11 is -2.63. The molecule has 232 valence electrons. The van der Waals surface area contributed by atoms with Crippen molar-refractivity contribution in [2.75, 3.05) is 0 Å². The molecule has 0 radical (unpaired) electrons. The zero-order chi connectivity index (χ0) is 30.7. The number of benzene rings is 4. The predicted octanol–water partition coefficient (Wildman–Crippen LogP) is 5.23. The SMILES string of the molecule is CC1=[C](/[Zr+2](=[C](\C)c2ccccc2)[CH]2c3ccc(C(C)(C)C)cc3-c3cc(C(C)(C)C)ccc32)C(C)C=C1c1ccccc1.[Cl-].[Cl-].